The number of aliphatic hydroxyl groups excluding tert-OH is 1. The van der Waals surface area contributed by atoms with Crippen molar-refractivity contribution < 1.29 is 61.8 Å². The lowest BCUT2D eigenvalue weighted by atomic mass is 9.72. The van der Waals surface area contributed by atoms with Gasteiger partial charge in [-0.1, -0.05) is 61.5 Å². The normalized spacial score (nSPS) is 42.9. The number of amides is 2. The first-order valence-electron chi connectivity index (χ1n) is 24.0. The smallest absolute Gasteiger partial charge is 0.318 e. The second kappa shape index (κ2) is 19.2. The number of nitrogens with one attached hydrogen (secondary N) is 1. The Morgan fingerprint density at radius 2 is 1.56 bits per heavy atom. The molecule has 2 spiro atoms. The van der Waals surface area contributed by atoms with Crippen LogP contribution in [-0.4, -0.2) is 136 Å². The van der Waals surface area contributed by atoms with Crippen molar-refractivity contribution in [2.45, 2.75) is 199 Å². The largest absolute Gasteiger partial charge is 0.481 e. The number of aliphatic carboxylic acids is 1. The number of ketones is 1. The molecule has 6 aliphatic heterocycles. The van der Waals surface area contributed by atoms with Gasteiger partial charge in [-0.25, -0.2) is 13.2 Å². The maximum Gasteiger partial charge on any atom is 0.318 e. The molecule has 6 rings (SSSR count). The summed E-state index contributed by atoms with van der Waals surface area (Å²) >= 11 is 0. The van der Waals surface area contributed by atoms with Crippen LogP contribution in [0.1, 0.15) is 133 Å². The van der Waals surface area contributed by atoms with E-state index in [0.29, 0.717) is 57.8 Å². The second-order valence-electron chi connectivity index (χ2n) is 20.5. The van der Waals surface area contributed by atoms with Crippen LogP contribution in [-0.2, 0) is 43.1 Å². The van der Waals surface area contributed by atoms with Crippen LogP contribution in [0.5, 0.6) is 0 Å². The minimum atomic E-state index is -3.22. The Hall–Kier alpha value is -2.18. The monoisotopic (exact) mass is 911 g/mol. The third kappa shape index (κ3) is 9.94. The number of aliphatic hydroxyl groups is 2. The second-order valence-corrected chi connectivity index (χ2v) is 22.8. The zero-order valence-corrected chi connectivity index (χ0v) is 40.2. The topological polar surface area (TPSA) is 207 Å². The van der Waals surface area contributed by atoms with Crippen LogP contribution in [0.4, 0.5) is 4.79 Å². The van der Waals surface area contributed by atoms with E-state index in [1.54, 1.807) is 6.92 Å². The average molecular weight is 911 g/mol. The number of rotatable bonds is 13. The molecule has 6 heterocycles. The number of carboxylic acids is 1. The predicted molar refractivity (Wildman–Crippen MR) is 235 cm³/mol. The number of hydrogen-bond donors (Lipinski definition) is 4. The molecule has 0 saturated carbocycles. The van der Waals surface area contributed by atoms with Gasteiger partial charge in [-0.05, 0) is 89.5 Å². The molecule has 16 heteroatoms. The van der Waals surface area contributed by atoms with Crippen molar-refractivity contribution in [3.8, 4) is 0 Å². The molecule has 0 unspecified atom stereocenters. The van der Waals surface area contributed by atoms with E-state index in [1.165, 1.54) is 4.90 Å². The van der Waals surface area contributed by atoms with Gasteiger partial charge in [0.1, 0.15) is 11.8 Å². The van der Waals surface area contributed by atoms with Crippen LogP contribution >= 0.6 is 0 Å². The summed E-state index contributed by atoms with van der Waals surface area (Å²) < 4.78 is 58.9. The summed E-state index contributed by atoms with van der Waals surface area (Å²) in [7, 11) is -3.22. The van der Waals surface area contributed by atoms with E-state index in [2.05, 4.69) is 19.2 Å². The number of sulfone groups is 1. The molecular weight excluding hydrogens is 833 g/mol. The van der Waals surface area contributed by atoms with Crippen molar-refractivity contribution in [2.75, 3.05) is 24.6 Å². The Morgan fingerprint density at radius 3 is 2.16 bits per heavy atom. The number of ether oxygens (including phenoxy) is 5. The van der Waals surface area contributed by atoms with Gasteiger partial charge in [-0.3, -0.25) is 9.59 Å². The average Bonchev–Trinajstić information content (AvgIpc) is 3.58. The van der Waals surface area contributed by atoms with Crippen LogP contribution in [0.25, 0.3) is 0 Å². The van der Waals surface area contributed by atoms with Gasteiger partial charge in [-0.15, -0.1) is 0 Å². The molecule has 5 fully saturated rings. The van der Waals surface area contributed by atoms with Gasteiger partial charge < -0.3 is 49.2 Å². The number of carbonyl (C=O) groups is 3. The Morgan fingerprint density at radius 1 is 0.889 bits per heavy atom. The lowest BCUT2D eigenvalue weighted by Crippen LogP contribution is -2.66. The van der Waals surface area contributed by atoms with E-state index in [9.17, 15) is 38.1 Å². The number of carbonyl (C=O) groups excluding carboxylic acids is 2. The number of carboxylic acid groups (broad SMARTS) is 1. The Kier molecular flexibility index (Phi) is 15.3. The summed E-state index contributed by atoms with van der Waals surface area (Å²) in [6.45, 7) is 19.6. The molecule has 0 aliphatic carbocycles. The minimum absolute atomic E-state index is 0.0595. The molecule has 18 atom stereocenters. The summed E-state index contributed by atoms with van der Waals surface area (Å²) in [4.78, 5) is 42.1. The highest BCUT2D eigenvalue weighted by Crippen LogP contribution is 2.54. The fourth-order valence-corrected chi connectivity index (χ4v) is 13.0. The lowest BCUT2D eigenvalue weighted by Gasteiger charge is -2.55. The Balaban J connectivity index is 1.25. The Bertz CT molecular complexity index is 1780. The number of hydrogen-bond acceptors (Lipinski definition) is 12. The SMILES string of the molecule is CC[C@@H](C(=O)[C@@H](C)[C@@H](O)[C@H](C)[C@@H]1O[C@@H]([C@@H](CC)C(=O)O)CC[C@@H]1C)[C@H]1O[C@]2(C=C[C@@H](NC(=O)N3CCS(=O)(=O)CC3)[C@]3(CC[C@@](C)([C@H]4CC[C@](O)(CC)[C@H](C)O4)O3)O2)[C@H](C)C[C@@H]1C. The van der Waals surface area contributed by atoms with Gasteiger partial charge in [0.15, 0.2) is 21.4 Å². The van der Waals surface area contributed by atoms with E-state index < -0.39 is 105 Å². The van der Waals surface area contributed by atoms with Crippen LogP contribution in [0.15, 0.2) is 12.2 Å². The van der Waals surface area contributed by atoms with Crippen molar-refractivity contribution in [3.05, 3.63) is 12.2 Å². The molecule has 0 bridgehead atoms. The number of urea groups is 1. The predicted octanol–water partition coefficient (Wildman–Crippen LogP) is 5.64. The zero-order chi connectivity index (χ0) is 46.4. The van der Waals surface area contributed by atoms with Crippen molar-refractivity contribution in [3.63, 3.8) is 0 Å². The molecule has 63 heavy (non-hydrogen) atoms. The molecule has 0 radical (unpaired) electrons. The fraction of sp³-hybridized carbons (Fsp3) is 0.894. The van der Waals surface area contributed by atoms with Gasteiger partial charge in [0.25, 0.3) is 0 Å². The lowest BCUT2D eigenvalue weighted by molar-refractivity contribution is -0.398. The minimum Gasteiger partial charge on any atom is -0.481 e. The van der Waals surface area contributed by atoms with Crippen LogP contribution in [0.3, 0.4) is 0 Å². The van der Waals surface area contributed by atoms with Crippen molar-refractivity contribution in [1.29, 1.82) is 0 Å². The Labute approximate surface area is 375 Å². The highest BCUT2D eigenvalue weighted by atomic mass is 32.2. The van der Waals surface area contributed by atoms with Crippen molar-refractivity contribution >= 4 is 27.6 Å². The summed E-state index contributed by atoms with van der Waals surface area (Å²) in [6, 6.07) is -1.21. The summed E-state index contributed by atoms with van der Waals surface area (Å²) in [6.07, 6.45) is 5.86. The van der Waals surface area contributed by atoms with Gasteiger partial charge in [0.05, 0.1) is 65.2 Å². The van der Waals surface area contributed by atoms with Gasteiger partial charge in [-0.2, -0.15) is 0 Å². The van der Waals surface area contributed by atoms with Crippen molar-refractivity contribution in [2.24, 2.45) is 41.4 Å². The third-order valence-electron chi connectivity index (χ3n) is 16.4. The molecule has 5 saturated heterocycles. The first-order chi connectivity index (χ1) is 29.5. The molecular formula is C47H78N2O13S. The van der Waals surface area contributed by atoms with E-state index in [4.69, 9.17) is 23.7 Å². The molecule has 6 aliphatic rings. The summed E-state index contributed by atoms with van der Waals surface area (Å²) in [5, 5.41) is 36.1. The molecule has 2 amide bonds. The van der Waals surface area contributed by atoms with Gasteiger partial charge in [0.2, 0.25) is 0 Å². The summed E-state index contributed by atoms with van der Waals surface area (Å²) in [5.74, 6) is -6.65. The van der Waals surface area contributed by atoms with Gasteiger partial charge >= 0.3 is 12.0 Å². The maximum atomic E-state index is 14.7. The van der Waals surface area contributed by atoms with E-state index in [-0.39, 0.29) is 54.2 Å². The van der Waals surface area contributed by atoms with E-state index >= 15 is 0 Å². The molecule has 4 N–H and O–H groups in total. The number of nitrogens with zero attached hydrogens (tertiary/aromatic N) is 1. The highest BCUT2D eigenvalue weighted by Gasteiger charge is 2.63. The first kappa shape index (κ1) is 50.2. The molecule has 15 nitrogen and oxygen atoms in total. The van der Waals surface area contributed by atoms with E-state index in [0.717, 1.165) is 6.42 Å². The van der Waals surface area contributed by atoms with Crippen LogP contribution in [0, 0.1) is 41.4 Å². The quantitative estimate of drug-likeness (QED) is 0.166. The fourth-order valence-electron chi connectivity index (χ4n) is 11.8. The molecule has 0 aromatic heterocycles. The van der Waals surface area contributed by atoms with Gasteiger partial charge in [0, 0.05) is 43.2 Å². The summed E-state index contributed by atoms with van der Waals surface area (Å²) in [5.41, 5.74) is -1.81. The highest BCUT2D eigenvalue weighted by molar-refractivity contribution is 7.91. The number of Topliss-reactive ketones (excluding diaryl/α,β-unsaturated/α-hetero) is 1. The molecule has 0 aromatic rings. The van der Waals surface area contributed by atoms with Crippen LogP contribution in [0.2, 0.25) is 0 Å². The van der Waals surface area contributed by atoms with Crippen molar-refractivity contribution in [1.82, 2.24) is 10.2 Å². The zero-order valence-electron chi connectivity index (χ0n) is 39.4. The standard InChI is InChI=1S/C47H78N2O13S/c1-11-33(42(52)53)35-15-14-27(4)40(59-35)31(8)38(50)30(7)39(51)34(12-2)41-28(5)26-29(6)46(60-41)19-16-36(48-43(54)49-22-24-63(56,57)25-23-49)47(62-46)21-20-44(10,61-47)37-17-18-45(55,13-3)32(9)58-37/h16,19,27-38,40-41,50,55H,11-15,17-18,20-26H2,1-10H3,(H,48,54)(H,52,53)/t27-,28-,29+,30-,31-,32-,33+,34-,35+,36+,37+,38+,40+,41-,44-,45+,46-,47-/m0/s1. The molecule has 360 valence electrons. The van der Waals surface area contributed by atoms with Crippen LogP contribution < -0.4 is 5.32 Å². The molecule has 0 aromatic carbocycles. The van der Waals surface area contributed by atoms with E-state index in [1.807, 2.05) is 60.6 Å². The maximum absolute atomic E-state index is 14.7. The first-order valence-corrected chi connectivity index (χ1v) is 25.8. The third-order valence-corrected chi connectivity index (χ3v) is 18.0.